The number of benzene rings is 1. The number of nitrogens with zero attached hydrogens (tertiary/aromatic N) is 2. The minimum absolute atomic E-state index is 0.0327. The quantitative estimate of drug-likeness (QED) is 0.647. The molecule has 1 aliphatic heterocycles. The van der Waals surface area contributed by atoms with E-state index in [1.165, 1.54) is 6.42 Å². The summed E-state index contributed by atoms with van der Waals surface area (Å²) >= 11 is 0. The van der Waals surface area contributed by atoms with Crippen LogP contribution in [0, 0.1) is 33.8 Å². The fourth-order valence-corrected chi connectivity index (χ4v) is 6.04. The first kappa shape index (κ1) is 18.9. The van der Waals surface area contributed by atoms with Gasteiger partial charge in [0.25, 0.3) is 5.69 Å². The maximum absolute atomic E-state index is 11.4. The van der Waals surface area contributed by atoms with Gasteiger partial charge in [0, 0.05) is 36.2 Å². The van der Waals surface area contributed by atoms with Gasteiger partial charge in [0.05, 0.1) is 11.0 Å². The monoisotopic (exact) mass is 372 g/mol. The number of aliphatic hydroxyl groups excluding tert-OH is 1. The molecule has 1 aromatic rings. The average Bonchev–Trinajstić information content (AvgIpc) is 3.02. The van der Waals surface area contributed by atoms with Gasteiger partial charge in [-0.15, -0.1) is 0 Å². The van der Waals surface area contributed by atoms with Gasteiger partial charge in [-0.05, 0) is 62.8 Å². The number of aliphatic hydroxyl groups is 1. The van der Waals surface area contributed by atoms with Gasteiger partial charge in [0.1, 0.15) is 0 Å². The van der Waals surface area contributed by atoms with Crippen LogP contribution in [-0.2, 0) is 12.8 Å². The van der Waals surface area contributed by atoms with Crippen molar-refractivity contribution >= 4 is 5.69 Å². The molecule has 3 aliphatic rings. The van der Waals surface area contributed by atoms with Crippen molar-refractivity contribution in [2.75, 3.05) is 13.1 Å². The SMILES string of the molecule is C[C@@H]1CC[C@@H](C(C)(C)N2C[C@@H]3Cc4cccc([N+](=O)[O-])c4C[C@H]3C2)[C@H](O)C1. The minimum atomic E-state index is -0.227. The molecule has 1 heterocycles. The fraction of sp³-hybridized carbons (Fsp3) is 0.727. The lowest BCUT2D eigenvalue weighted by Crippen LogP contribution is -2.53. The van der Waals surface area contributed by atoms with Crippen molar-refractivity contribution < 1.29 is 10.0 Å². The van der Waals surface area contributed by atoms with Crippen LogP contribution in [0.25, 0.3) is 0 Å². The van der Waals surface area contributed by atoms with Crippen LogP contribution in [0.1, 0.15) is 51.2 Å². The van der Waals surface area contributed by atoms with E-state index in [1.807, 2.05) is 6.07 Å². The van der Waals surface area contributed by atoms with E-state index in [-0.39, 0.29) is 16.6 Å². The van der Waals surface area contributed by atoms with Crippen molar-refractivity contribution in [1.29, 1.82) is 0 Å². The number of rotatable bonds is 3. The zero-order chi connectivity index (χ0) is 19.3. The fourth-order valence-electron chi connectivity index (χ4n) is 6.04. The molecule has 0 spiro atoms. The van der Waals surface area contributed by atoms with Gasteiger partial charge in [-0.1, -0.05) is 25.5 Å². The second kappa shape index (κ2) is 6.85. The second-order valence-electron chi connectivity index (χ2n) is 9.75. The number of likely N-dealkylation sites (tertiary alicyclic amines) is 1. The first-order valence-electron chi connectivity index (χ1n) is 10.5. The molecule has 0 bridgehead atoms. The summed E-state index contributed by atoms with van der Waals surface area (Å²) in [6.45, 7) is 8.86. The Morgan fingerprint density at radius 1 is 1.19 bits per heavy atom. The predicted molar refractivity (Wildman–Crippen MR) is 106 cm³/mol. The number of fused-ring (bicyclic) bond motifs is 2. The molecule has 2 fully saturated rings. The van der Waals surface area contributed by atoms with E-state index < -0.39 is 0 Å². The van der Waals surface area contributed by atoms with E-state index >= 15 is 0 Å². The molecule has 0 radical (unpaired) electrons. The predicted octanol–water partition coefficient (Wildman–Crippen LogP) is 3.82. The Balaban J connectivity index is 1.52. The summed E-state index contributed by atoms with van der Waals surface area (Å²) in [5.41, 5.74) is 2.38. The van der Waals surface area contributed by atoms with Crippen molar-refractivity contribution in [3.05, 3.63) is 39.4 Å². The zero-order valence-corrected chi connectivity index (χ0v) is 16.7. The number of hydrogen-bond acceptors (Lipinski definition) is 4. The van der Waals surface area contributed by atoms with E-state index in [0.717, 1.165) is 49.9 Å². The number of hydrogen-bond donors (Lipinski definition) is 1. The van der Waals surface area contributed by atoms with E-state index in [0.29, 0.717) is 29.4 Å². The summed E-state index contributed by atoms with van der Waals surface area (Å²) in [4.78, 5) is 13.8. The average molecular weight is 373 g/mol. The molecule has 0 unspecified atom stereocenters. The minimum Gasteiger partial charge on any atom is -0.393 e. The molecule has 1 N–H and O–H groups in total. The lowest BCUT2D eigenvalue weighted by molar-refractivity contribution is -0.385. The maximum atomic E-state index is 11.4. The van der Waals surface area contributed by atoms with Crippen molar-refractivity contribution in [2.45, 2.75) is 64.5 Å². The number of nitro groups is 1. The molecule has 4 rings (SSSR count). The standard InChI is InChI=1S/C22H32N2O3/c1-14-7-8-19(21(25)9-14)22(2,3)23-12-16-10-15-5-4-6-20(24(26)27)18(15)11-17(16)13-23/h4-6,14,16-17,19,21,25H,7-13H2,1-3H3/t14-,16+,17+,19-,21-/m1/s1. The summed E-state index contributed by atoms with van der Waals surface area (Å²) in [7, 11) is 0. The van der Waals surface area contributed by atoms with Crippen LogP contribution in [0.15, 0.2) is 18.2 Å². The Kier molecular flexibility index (Phi) is 4.79. The largest absolute Gasteiger partial charge is 0.393 e. The molecule has 5 nitrogen and oxygen atoms in total. The van der Waals surface area contributed by atoms with Crippen molar-refractivity contribution in [2.24, 2.45) is 23.7 Å². The summed E-state index contributed by atoms with van der Waals surface area (Å²) in [5.74, 6) is 1.98. The third-order valence-corrected chi connectivity index (χ3v) is 7.77. The zero-order valence-electron chi connectivity index (χ0n) is 16.7. The normalized spacial score (nSPS) is 34.1. The van der Waals surface area contributed by atoms with E-state index in [2.05, 4.69) is 31.7 Å². The lowest BCUT2D eigenvalue weighted by atomic mass is 9.71. The highest BCUT2D eigenvalue weighted by molar-refractivity contribution is 5.47. The summed E-state index contributed by atoms with van der Waals surface area (Å²) < 4.78 is 0. The Bertz CT molecular complexity index is 732. The van der Waals surface area contributed by atoms with Gasteiger partial charge in [0.15, 0.2) is 0 Å². The van der Waals surface area contributed by atoms with Crippen LogP contribution in [-0.4, -0.2) is 39.7 Å². The van der Waals surface area contributed by atoms with Gasteiger partial charge in [-0.3, -0.25) is 15.0 Å². The van der Waals surface area contributed by atoms with Gasteiger partial charge < -0.3 is 5.11 Å². The van der Waals surface area contributed by atoms with E-state index in [4.69, 9.17) is 0 Å². The van der Waals surface area contributed by atoms with E-state index in [1.54, 1.807) is 6.07 Å². The highest BCUT2D eigenvalue weighted by Gasteiger charge is 2.47. The molecule has 148 valence electrons. The first-order valence-corrected chi connectivity index (χ1v) is 10.5. The van der Waals surface area contributed by atoms with Crippen molar-refractivity contribution in [3.63, 3.8) is 0 Å². The topological polar surface area (TPSA) is 66.6 Å². The lowest BCUT2D eigenvalue weighted by Gasteiger charge is -2.47. The third kappa shape index (κ3) is 3.29. The Morgan fingerprint density at radius 3 is 2.56 bits per heavy atom. The summed E-state index contributed by atoms with van der Waals surface area (Å²) in [6.07, 6.45) is 4.74. The Morgan fingerprint density at radius 2 is 1.89 bits per heavy atom. The van der Waals surface area contributed by atoms with E-state index in [9.17, 15) is 15.2 Å². The molecule has 0 amide bonds. The van der Waals surface area contributed by atoms with Crippen LogP contribution >= 0.6 is 0 Å². The van der Waals surface area contributed by atoms with Crippen LogP contribution in [0.4, 0.5) is 5.69 Å². The first-order chi connectivity index (χ1) is 12.8. The van der Waals surface area contributed by atoms with Gasteiger partial charge >= 0.3 is 0 Å². The maximum Gasteiger partial charge on any atom is 0.272 e. The molecular formula is C22H32N2O3. The van der Waals surface area contributed by atoms with Gasteiger partial charge in [0.2, 0.25) is 0 Å². The highest BCUT2D eigenvalue weighted by Crippen LogP contribution is 2.45. The van der Waals surface area contributed by atoms with Gasteiger partial charge in [-0.2, -0.15) is 0 Å². The van der Waals surface area contributed by atoms with Crippen LogP contribution in [0.2, 0.25) is 0 Å². The molecule has 2 aliphatic carbocycles. The second-order valence-corrected chi connectivity index (χ2v) is 9.75. The Labute approximate surface area is 161 Å². The summed E-state index contributed by atoms with van der Waals surface area (Å²) in [6, 6.07) is 5.54. The third-order valence-electron chi connectivity index (χ3n) is 7.77. The molecule has 1 saturated heterocycles. The molecule has 1 saturated carbocycles. The molecular weight excluding hydrogens is 340 g/mol. The highest BCUT2D eigenvalue weighted by atomic mass is 16.6. The molecule has 0 aromatic heterocycles. The smallest absolute Gasteiger partial charge is 0.272 e. The number of nitro benzene ring substituents is 1. The molecule has 5 atom stereocenters. The van der Waals surface area contributed by atoms with Crippen LogP contribution in [0.3, 0.4) is 0 Å². The Hall–Kier alpha value is -1.46. The molecule has 27 heavy (non-hydrogen) atoms. The van der Waals surface area contributed by atoms with Crippen molar-refractivity contribution in [3.8, 4) is 0 Å². The van der Waals surface area contributed by atoms with Gasteiger partial charge in [-0.25, -0.2) is 0 Å². The van der Waals surface area contributed by atoms with Crippen LogP contribution < -0.4 is 0 Å². The van der Waals surface area contributed by atoms with Crippen molar-refractivity contribution in [1.82, 2.24) is 4.90 Å². The van der Waals surface area contributed by atoms with Crippen LogP contribution in [0.5, 0.6) is 0 Å². The summed E-state index contributed by atoms with van der Waals surface area (Å²) in [5, 5.41) is 22.2. The molecule has 5 heteroatoms. The molecule has 1 aromatic carbocycles.